The number of hydrogen-bond acceptors (Lipinski definition) is 5. The van der Waals surface area contributed by atoms with Gasteiger partial charge in [0.2, 0.25) is 5.13 Å². The Balaban J connectivity index is 1.93. The third-order valence-electron chi connectivity index (χ3n) is 1.81. The molecule has 2 aromatic heterocycles. The second-order valence-electron chi connectivity index (χ2n) is 2.91. The SMILES string of the molecule is CCc1nnc(NCc2ccc(Cl)o2)s1. The third-order valence-corrected chi connectivity index (χ3v) is 3.04. The first kappa shape index (κ1) is 10.4. The number of nitrogens with zero attached hydrogens (tertiary/aromatic N) is 2. The average Bonchev–Trinajstić information content (AvgIpc) is 2.83. The fraction of sp³-hybridized carbons (Fsp3) is 0.333. The molecule has 15 heavy (non-hydrogen) atoms. The van der Waals surface area contributed by atoms with E-state index in [4.69, 9.17) is 16.0 Å². The van der Waals surface area contributed by atoms with Crippen molar-refractivity contribution in [3.05, 3.63) is 28.1 Å². The largest absolute Gasteiger partial charge is 0.448 e. The minimum absolute atomic E-state index is 0.401. The van der Waals surface area contributed by atoms with E-state index in [1.54, 1.807) is 17.4 Å². The maximum atomic E-state index is 5.65. The molecular weight excluding hydrogens is 234 g/mol. The van der Waals surface area contributed by atoms with Crippen molar-refractivity contribution in [2.75, 3.05) is 5.32 Å². The zero-order valence-corrected chi connectivity index (χ0v) is 9.73. The molecule has 0 amide bonds. The summed E-state index contributed by atoms with van der Waals surface area (Å²) in [5, 5.41) is 13.3. The fourth-order valence-electron chi connectivity index (χ4n) is 1.08. The van der Waals surface area contributed by atoms with Crippen molar-refractivity contribution in [1.29, 1.82) is 0 Å². The van der Waals surface area contributed by atoms with Gasteiger partial charge in [0.15, 0.2) is 5.22 Å². The predicted octanol–water partition coefficient (Wildman–Crippen LogP) is 2.96. The molecule has 80 valence electrons. The molecule has 2 aromatic rings. The molecule has 0 saturated carbocycles. The van der Waals surface area contributed by atoms with E-state index in [0.29, 0.717) is 11.8 Å². The Morgan fingerprint density at radius 2 is 2.33 bits per heavy atom. The summed E-state index contributed by atoms with van der Waals surface area (Å²) in [7, 11) is 0. The zero-order chi connectivity index (χ0) is 10.7. The third kappa shape index (κ3) is 2.70. The van der Waals surface area contributed by atoms with Crippen LogP contribution in [0.25, 0.3) is 0 Å². The van der Waals surface area contributed by atoms with Gasteiger partial charge >= 0.3 is 0 Å². The highest BCUT2D eigenvalue weighted by molar-refractivity contribution is 7.15. The van der Waals surface area contributed by atoms with Gasteiger partial charge in [-0.15, -0.1) is 10.2 Å². The quantitative estimate of drug-likeness (QED) is 0.897. The molecule has 0 unspecified atom stereocenters. The summed E-state index contributed by atoms with van der Waals surface area (Å²) in [5.74, 6) is 0.785. The number of hydrogen-bond donors (Lipinski definition) is 1. The first-order valence-electron chi connectivity index (χ1n) is 4.58. The van der Waals surface area contributed by atoms with Crippen molar-refractivity contribution in [2.45, 2.75) is 19.9 Å². The van der Waals surface area contributed by atoms with Crippen LogP contribution in [0.3, 0.4) is 0 Å². The smallest absolute Gasteiger partial charge is 0.206 e. The van der Waals surface area contributed by atoms with Crippen molar-refractivity contribution in [2.24, 2.45) is 0 Å². The average molecular weight is 244 g/mol. The lowest BCUT2D eigenvalue weighted by Crippen LogP contribution is -1.97. The minimum atomic E-state index is 0.401. The summed E-state index contributed by atoms with van der Waals surface area (Å²) in [6.07, 6.45) is 0.909. The summed E-state index contributed by atoms with van der Waals surface area (Å²) < 4.78 is 5.20. The van der Waals surface area contributed by atoms with Gasteiger partial charge in [-0.25, -0.2) is 0 Å². The Morgan fingerprint density at radius 3 is 2.93 bits per heavy atom. The van der Waals surface area contributed by atoms with Crippen LogP contribution in [0.4, 0.5) is 5.13 Å². The van der Waals surface area contributed by atoms with Gasteiger partial charge in [0.1, 0.15) is 10.8 Å². The van der Waals surface area contributed by atoms with E-state index in [2.05, 4.69) is 22.4 Å². The highest BCUT2D eigenvalue weighted by atomic mass is 35.5. The fourth-order valence-corrected chi connectivity index (χ4v) is 1.91. The van der Waals surface area contributed by atoms with Crippen molar-refractivity contribution in [3.8, 4) is 0 Å². The minimum Gasteiger partial charge on any atom is -0.448 e. The molecule has 0 aliphatic carbocycles. The van der Waals surface area contributed by atoms with Gasteiger partial charge in [0.25, 0.3) is 0 Å². The maximum Gasteiger partial charge on any atom is 0.206 e. The Kier molecular flexibility index (Phi) is 3.23. The molecule has 0 radical (unpaired) electrons. The molecule has 0 atom stereocenters. The summed E-state index contributed by atoms with van der Waals surface area (Å²) in [4.78, 5) is 0. The van der Waals surface area contributed by atoms with Crippen molar-refractivity contribution >= 4 is 28.1 Å². The van der Waals surface area contributed by atoms with Crippen LogP contribution in [0.15, 0.2) is 16.5 Å². The second-order valence-corrected chi connectivity index (χ2v) is 4.35. The predicted molar refractivity (Wildman–Crippen MR) is 60.3 cm³/mol. The molecule has 6 heteroatoms. The van der Waals surface area contributed by atoms with Crippen molar-refractivity contribution in [1.82, 2.24) is 10.2 Å². The van der Waals surface area contributed by atoms with E-state index in [1.807, 2.05) is 6.07 Å². The van der Waals surface area contributed by atoms with Crippen molar-refractivity contribution in [3.63, 3.8) is 0 Å². The molecule has 4 nitrogen and oxygen atoms in total. The monoisotopic (exact) mass is 243 g/mol. The van der Waals surface area contributed by atoms with Gasteiger partial charge in [-0.3, -0.25) is 0 Å². The van der Waals surface area contributed by atoms with E-state index < -0.39 is 0 Å². The lowest BCUT2D eigenvalue weighted by atomic mass is 10.4. The van der Waals surface area contributed by atoms with Crippen LogP contribution in [-0.2, 0) is 13.0 Å². The number of aromatic nitrogens is 2. The number of aryl methyl sites for hydroxylation is 1. The Bertz CT molecular complexity index is 440. The molecule has 2 rings (SSSR count). The molecule has 0 bridgehead atoms. The number of halogens is 1. The van der Waals surface area contributed by atoms with Crippen LogP contribution in [0, 0.1) is 0 Å². The summed E-state index contributed by atoms with van der Waals surface area (Å²) in [6, 6.07) is 3.55. The molecule has 0 spiro atoms. The molecule has 0 fully saturated rings. The number of nitrogens with one attached hydrogen (secondary N) is 1. The number of rotatable bonds is 4. The Morgan fingerprint density at radius 1 is 1.47 bits per heavy atom. The van der Waals surface area contributed by atoms with Crippen molar-refractivity contribution < 1.29 is 4.42 Å². The first-order chi connectivity index (χ1) is 7.28. The Hall–Kier alpha value is -1.07. The lowest BCUT2D eigenvalue weighted by Gasteiger charge is -1.96. The molecular formula is C9H10ClN3OS. The first-order valence-corrected chi connectivity index (χ1v) is 5.78. The van der Waals surface area contributed by atoms with Gasteiger partial charge in [-0.2, -0.15) is 0 Å². The van der Waals surface area contributed by atoms with Crippen LogP contribution >= 0.6 is 22.9 Å². The van der Waals surface area contributed by atoms with E-state index in [0.717, 1.165) is 22.3 Å². The van der Waals surface area contributed by atoms with E-state index in [9.17, 15) is 0 Å². The van der Waals surface area contributed by atoms with Gasteiger partial charge in [-0.1, -0.05) is 18.3 Å². The zero-order valence-electron chi connectivity index (χ0n) is 8.16. The van der Waals surface area contributed by atoms with Gasteiger partial charge in [0.05, 0.1) is 6.54 Å². The molecule has 0 saturated heterocycles. The standard InChI is InChI=1S/C9H10ClN3OS/c1-2-8-12-13-9(15-8)11-5-6-3-4-7(10)14-6/h3-4H,2,5H2,1H3,(H,11,13). The molecule has 2 heterocycles. The highest BCUT2D eigenvalue weighted by Gasteiger charge is 2.03. The molecule has 0 aliphatic heterocycles. The topological polar surface area (TPSA) is 51.0 Å². The van der Waals surface area contributed by atoms with E-state index in [-0.39, 0.29) is 0 Å². The Labute approximate surface area is 96.3 Å². The van der Waals surface area contributed by atoms with Crippen LogP contribution in [0.5, 0.6) is 0 Å². The number of anilines is 1. The lowest BCUT2D eigenvalue weighted by molar-refractivity contribution is 0.520. The molecule has 0 aliphatic rings. The van der Waals surface area contributed by atoms with Crippen LogP contribution in [0.2, 0.25) is 5.22 Å². The van der Waals surface area contributed by atoms with Gasteiger partial charge in [-0.05, 0) is 30.2 Å². The molecule has 1 N–H and O–H groups in total. The normalized spacial score (nSPS) is 10.5. The maximum absolute atomic E-state index is 5.65. The van der Waals surface area contributed by atoms with Crippen LogP contribution in [-0.4, -0.2) is 10.2 Å². The highest BCUT2D eigenvalue weighted by Crippen LogP contribution is 2.18. The number of furan rings is 1. The second kappa shape index (κ2) is 4.63. The van der Waals surface area contributed by atoms with Crippen LogP contribution in [0.1, 0.15) is 17.7 Å². The van der Waals surface area contributed by atoms with Gasteiger partial charge in [0, 0.05) is 0 Å². The van der Waals surface area contributed by atoms with E-state index in [1.165, 1.54) is 0 Å². The summed E-state index contributed by atoms with van der Waals surface area (Å²) >= 11 is 7.20. The van der Waals surface area contributed by atoms with Crippen LogP contribution < -0.4 is 5.32 Å². The van der Waals surface area contributed by atoms with Gasteiger partial charge < -0.3 is 9.73 Å². The summed E-state index contributed by atoms with van der Waals surface area (Å²) in [5.41, 5.74) is 0. The summed E-state index contributed by atoms with van der Waals surface area (Å²) in [6.45, 7) is 2.63. The molecule has 0 aromatic carbocycles. The van der Waals surface area contributed by atoms with E-state index >= 15 is 0 Å².